The highest BCUT2D eigenvalue weighted by Crippen LogP contribution is 2.50. The molecule has 0 heterocycles. The number of fused-ring (bicyclic) bond motifs is 3. The van der Waals surface area contributed by atoms with Crippen molar-refractivity contribution in [3.05, 3.63) is 180 Å². The lowest BCUT2D eigenvalue weighted by atomic mass is 9.82. The summed E-state index contributed by atoms with van der Waals surface area (Å²) >= 11 is 0. The van der Waals surface area contributed by atoms with Crippen LogP contribution < -0.4 is 4.90 Å². The summed E-state index contributed by atoms with van der Waals surface area (Å²) in [5.74, 6) is 0. The van der Waals surface area contributed by atoms with Gasteiger partial charge in [-0.15, -0.1) is 0 Å². The molecule has 0 N–H and O–H groups in total. The molecule has 47 heavy (non-hydrogen) atoms. The Hall–Kier alpha value is -5.40. The van der Waals surface area contributed by atoms with E-state index in [0.29, 0.717) is 0 Å². The highest BCUT2D eigenvalue weighted by Gasteiger charge is 2.35. The van der Waals surface area contributed by atoms with Crippen molar-refractivity contribution in [2.75, 3.05) is 4.90 Å². The van der Waals surface area contributed by atoms with Gasteiger partial charge in [0.05, 0.1) is 0 Å². The lowest BCUT2D eigenvalue weighted by Crippen LogP contribution is -2.16. The van der Waals surface area contributed by atoms with E-state index in [0.717, 1.165) is 28.2 Å². The molecule has 0 atom stereocenters. The molecule has 1 aliphatic rings. The van der Waals surface area contributed by atoms with Gasteiger partial charge in [-0.1, -0.05) is 124 Å². The molecule has 0 aromatic heterocycles. The summed E-state index contributed by atoms with van der Waals surface area (Å²) in [5.41, 5.74) is 18.6. The van der Waals surface area contributed by atoms with E-state index >= 15 is 0 Å². The first kappa shape index (κ1) is 30.3. The van der Waals surface area contributed by atoms with Crippen molar-refractivity contribution in [1.29, 1.82) is 0 Å². The molecule has 0 bridgehead atoms. The van der Waals surface area contributed by atoms with Crippen molar-refractivity contribution in [1.82, 2.24) is 0 Å². The minimum atomic E-state index is -0.0770. The first-order valence-electron chi connectivity index (χ1n) is 16.5. The molecule has 7 rings (SSSR count). The Morgan fingerprint density at radius 1 is 0.553 bits per heavy atom. The SMILES string of the molecule is C=C/C(=C\C)c1ccc(N(c2ccc(-c3ccc(C)c(-c4ccccc4C)c3)cc2)c2ccc3c(c2)C(C)(C)c2ccccc2-3)cc1. The Morgan fingerprint density at radius 3 is 1.81 bits per heavy atom. The normalized spacial score (nSPS) is 13.2. The molecular weight excluding hydrogens is 567 g/mol. The molecule has 1 nitrogen and oxygen atoms in total. The van der Waals surface area contributed by atoms with E-state index < -0.39 is 0 Å². The average molecular weight is 608 g/mol. The Bertz CT molecular complexity index is 2140. The summed E-state index contributed by atoms with van der Waals surface area (Å²) in [5, 5.41) is 0. The van der Waals surface area contributed by atoms with Gasteiger partial charge in [-0.05, 0) is 130 Å². The number of benzene rings is 6. The van der Waals surface area contributed by atoms with Crippen LogP contribution in [0.15, 0.2) is 152 Å². The van der Waals surface area contributed by atoms with Gasteiger partial charge in [0.1, 0.15) is 0 Å². The van der Waals surface area contributed by atoms with Crippen molar-refractivity contribution >= 4 is 22.6 Å². The van der Waals surface area contributed by atoms with E-state index in [1.54, 1.807) is 0 Å². The minimum absolute atomic E-state index is 0.0770. The molecular formula is C46H41N. The van der Waals surface area contributed by atoms with E-state index in [4.69, 9.17) is 0 Å². The fourth-order valence-electron chi connectivity index (χ4n) is 7.25. The number of hydrogen-bond donors (Lipinski definition) is 0. The van der Waals surface area contributed by atoms with Crippen LogP contribution in [0.25, 0.3) is 39.0 Å². The second-order valence-electron chi connectivity index (χ2n) is 13.1. The lowest BCUT2D eigenvalue weighted by Gasteiger charge is -2.28. The van der Waals surface area contributed by atoms with Crippen molar-refractivity contribution in [3.63, 3.8) is 0 Å². The number of nitrogens with zero attached hydrogens (tertiary/aromatic N) is 1. The third-order valence-electron chi connectivity index (χ3n) is 9.95. The van der Waals surface area contributed by atoms with Gasteiger partial charge in [0, 0.05) is 22.5 Å². The molecule has 0 saturated heterocycles. The zero-order valence-electron chi connectivity index (χ0n) is 28.0. The maximum atomic E-state index is 4.01. The van der Waals surface area contributed by atoms with Crippen LogP contribution >= 0.6 is 0 Å². The number of rotatable bonds is 7. The molecule has 1 aliphatic carbocycles. The van der Waals surface area contributed by atoms with Gasteiger partial charge in [0.25, 0.3) is 0 Å². The largest absolute Gasteiger partial charge is 0.310 e. The van der Waals surface area contributed by atoms with E-state index in [1.807, 2.05) is 6.08 Å². The molecule has 230 valence electrons. The summed E-state index contributed by atoms with van der Waals surface area (Å²) < 4.78 is 0. The topological polar surface area (TPSA) is 3.24 Å². The molecule has 0 aliphatic heterocycles. The van der Waals surface area contributed by atoms with E-state index in [9.17, 15) is 0 Å². The number of anilines is 3. The predicted octanol–water partition coefficient (Wildman–Crippen LogP) is 13.0. The summed E-state index contributed by atoms with van der Waals surface area (Å²) in [6.07, 6.45) is 4.02. The Morgan fingerprint density at radius 2 is 1.13 bits per heavy atom. The van der Waals surface area contributed by atoms with Crippen LogP contribution in [-0.2, 0) is 5.41 Å². The van der Waals surface area contributed by atoms with Crippen molar-refractivity contribution < 1.29 is 0 Å². The summed E-state index contributed by atoms with van der Waals surface area (Å²) in [4.78, 5) is 2.38. The standard InChI is InChI=1S/C46H41N/c1-7-33(8-2)34-19-23-37(24-20-34)47(39-27-28-42-41-15-11-12-16-44(41)46(5,6)45(42)30-39)38-25-21-35(22-26-38)36-18-17-32(4)43(29-36)40-14-10-9-13-31(40)3/h7-30H,1H2,2-6H3/b33-8+. The summed E-state index contributed by atoms with van der Waals surface area (Å²) in [6, 6.07) is 49.1. The highest BCUT2D eigenvalue weighted by atomic mass is 15.1. The fourth-order valence-corrected chi connectivity index (χ4v) is 7.25. The van der Waals surface area contributed by atoms with Crippen LogP contribution in [0, 0.1) is 13.8 Å². The van der Waals surface area contributed by atoms with Gasteiger partial charge in [0.2, 0.25) is 0 Å². The minimum Gasteiger partial charge on any atom is -0.310 e. The fraction of sp³-hybridized carbons (Fsp3) is 0.130. The number of hydrogen-bond acceptors (Lipinski definition) is 1. The van der Waals surface area contributed by atoms with Crippen LogP contribution in [0.3, 0.4) is 0 Å². The van der Waals surface area contributed by atoms with Gasteiger partial charge >= 0.3 is 0 Å². The van der Waals surface area contributed by atoms with Gasteiger partial charge in [-0.2, -0.15) is 0 Å². The molecule has 0 fully saturated rings. The van der Waals surface area contributed by atoms with Crippen LogP contribution in [0.2, 0.25) is 0 Å². The summed E-state index contributed by atoms with van der Waals surface area (Å²) in [6.45, 7) is 15.1. The zero-order valence-corrected chi connectivity index (χ0v) is 28.0. The zero-order chi connectivity index (χ0) is 32.7. The Labute approximate surface area is 280 Å². The molecule has 0 unspecified atom stereocenters. The van der Waals surface area contributed by atoms with E-state index in [1.165, 1.54) is 55.6 Å². The first-order chi connectivity index (χ1) is 22.8. The van der Waals surface area contributed by atoms with Crippen LogP contribution in [0.5, 0.6) is 0 Å². The van der Waals surface area contributed by atoms with Gasteiger partial charge in [0.15, 0.2) is 0 Å². The number of allylic oxidation sites excluding steroid dienone is 3. The lowest BCUT2D eigenvalue weighted by molar-refractivity contribution is 0.660. The summed E-state index contributed by atoms with van der Waals surface area (Å²) in [7, 11) is 0. The Balaban J connectivity index is 1.32. The second kappa shape index (κ2) is 12.1. The van der Waals surface area contributed by atoms with E-state index in [2.05, 4.69) is 186 Å². The van der Waals surface area contributed by atoms with Crippen molar-refractivity contribution in [3.8, 4) is 33.4 Å². The van der Waals surface area contributed by atoms with E-state index in [-0.39, 0.29) is 5.41 Å². The first-order valence-corrected chi connectivity index (χ1v) is 16.5. The van der Waals surface area contributed by atoms with Gasteiger partial charge in [-0.3, -0.25) is 0 Å². The van der Waals surface area contributed by atoms with Crippen LogP contribution in [0.4, 0.5) is 17.1 Å². The van der Waals surface area contributed by atoms with Gasteiger partial charge < -0.3 is 4.90 Å². The van der Waals surface area contributed by atoms with Gasteiger partial charge in [-0.25, -0.2) is 0 Å². The number of aryl methyl sites for hydroxylation is 2. The third-order valence-corrected chi connectivity index (χ3v) is 9.95. The predicted molar refractivity (Wildman–Crippen MR) is 203 cm³/mol. The second-order valence-corrected chi connectivity index (χ2v) is 13.1. The molecule has 1 heteroatoms. The maximum absolute atomic E-state index is 4.01. The maximum Gasteiger partial charge on any atom is 0.0465 e. The van der Waals surface area contributed by atoms with Crippen LogP contribution in [0.1, 0.15) is 48.6 Å². The molecule has 0 saturated carbocycles. The quantitative estimate of drug-likeness (QED) is 0.163. The molecule has 6 aromatic carbocycles. The molecule has 6 aromatic rings. The average Bonchev–Trinajstić information content (AvgIpc) is 3.33. The highest BCUT2D eigenvalue weighted by molar-refractivity contribution is 5.87. The smallest absolute Gasteiger partial charge is 0.0465 e. The molecule has 0 amide bonds. The molecule has 0 radical (unpaired) electrons. The van der Waals surface area contributed by atoms with Crippen molar-refractivity contribution in [2.24, 2.45) is 0 Å². The third kappa shape index (κ3) is 5.32. The molecule has 0 spiro atoms. The Kier molecular flexibility index (Phi) is 7.78. The van der Waals surface area contributed by atoms with Crippen molar-refractivity contribution in [2.45, 2.75) is 40.0 Å². The van der Waals surface area contributed by atoms with Crippen LogP contribution in [-0.4, -0.2) is 0 Å². The monoisotopic (exact) mass is 607 g/mol.